The molecule has 0 aromatic heterocycles. The van der Waals surface area contributed by atoms with E-state index in [4.69, 9.17) is 4.74 Å². The molecule has 4 aliphatic carbocycles. The highest BCUT2D eigenvalue weighted by molar-refractivity contribution is 5.99. The van der Waals surface area contributed by atoms with Crippen LogP contribution in [0.5, 0.6) is 0 Å². The van der Waals surface area contributed by atoms with Crippen molar-refractivity contribution in [1.29, 1.82) is 0 Å². The molecule has 4 saturated carbocycles. The predicted octanol–water partition coefficient (Wildman–Crippen LogP) is 6.36. The minimum absolute atomic E-state index is 0.101. The number of hydrogen-bond acceptors (Lipinski definition) is 3. The third-order valence-corrected chi connectivity index (χ3v) is 10.5. The summed E-state index contributed by atoms with van der Waals surface area (Å²) in [5.74, 6) is 3.06. The molecule has 0 amide bonds. The fourth-order valence-electron chi connectivity index (χ4n) is 8.81. The summed E-state index contributed by atoms with van der Waals surface area (Å²) in [6.45, 7) is 11.7. The minimum atomic E-state index is -0.101. The van der Waals surface area contributed by atoms with Gasteiger partial charge in [-0.2, -0.15) is 0 Å². The molecule has 0 aliphatic heterocycles. The molecule has 0 radical (unpaired) electrons. The number of hydrogen-bond donors (Lipinski definition) is 0. The number of methoxy groups -OCH3 is 1. The van der Waals surface area contributed by atoms with Crippen molar-refractivity contribution in [1.82, 2.24) is 0 Å². The Hall–Kier alpha value is -1.12. The maximum absolute atomic E-state index is 13.7. The van der Waals surface area contributed by atoms with Crippen LogP contribution in [-0.4, -0.2) is 18.9 Å². The second-order valence-electron chi connectivity index (χ2n) is 11.6. The summed E-state index contributed by atoms with van der Waals surface area (Å²) in [4.78, 5) is 25.4. The Morgan fingerprint density at radius 2 is 1.80 bits per heavy atom. The normalized spacial score (nSPS) is 44.5. The van der Waals surface area contributed by atoms with Crippen molar-refractivity contribution in [3.05, 3.63) is 12.2 Å². The van der Waals surface area contributed by atoms with Crippen LogP contribution < -0.4 is 0 Å². The quantitative estimate of drug-likeness (QED) is 0.397. The van der Waals surface area contributed by atoms with Crippen LogP contribution in [0, 0.1) is 46.3 Å². The summed E-state index contributed by atoms with van der Waals surface area (Å²) in [5.41, 5.74) is 1.45. The Kier molecular flexibility index (Phi) is 5.96. The standard InChI is InChI=1S/C27H42O3/c1-17(10-13-23(28)30-5)19-11-12-21-24-22(14-16-27(19,21)4)26(3)15-8-6-7-9-20(26)18(2)25(24)29/h17,19-22,24H,2,6-16H2,1,3-5H3/t17-,19?,20?,21?,22?,24?,26?,27?/m1/s1. The molecule has 7 unspecified atom stereocenters. The maximum Gasteiger partial charge on any atom is 0.305 e. The maximum atomic E-state index is 13.7. The molecule has 0 bridgehead atoms. The molecule has 4 aliphatic rings. The van der Waals surface area contributed by atoms with E-state index >= 15 is 0 Å². The lowest BCUT2D eigenvalue weighted by Gasteiger charge is -2.59. The van der Waals surface area contributed by atoms with E-state index in [0.717, 1.165) is 12.0 Å². The van der Waals surface area contributed by atoms with Gasteiger partial charge in [-0.1, -0.05) is 46.6 Å². The smallest absolute Gasteiger partial charge is 0.305 e. The van der Waals surface area contributed by atoms with Crippen LogP contribution in [0.2, 0.25) is 0 Å². The van der Waals surface area contributed by atoms with Crippen molar-refractivity contribution in [3.8, 4) is 0 Å². The average Bonchev–Trinajstić information content (AvgIpc) is 2.95. The fraction of sp³-hybridized carbons (Fsp3) is 0.852. The number of Topliss-reactive ketones (excluding diaryl/α,β-unsaturated/α-hetero) is 1. The van der Waals surface area contributed by atoms with Gasteiger partial charge in [0.1, 0.15) is 0 Å². The molecule has 0 heterocycles. The summed E-state index contributed by atoms with van der Waals surface area (Å²) in [5, 5.41) is 0. The van der Waals surface area contributed by atoms with Crippen LogP contribution in [0.1, 0.15) is 91.4 Å². The van der Waals surface area contributed by atoms with Gasteiger partial charge < -0.3 is 4.74 Å². The molecule has 8 atom stereocenters. The first kappa shape index (κ1) is 22.1. The lowest BCUT2D eigenvalue weighted by Crippen LogP contribution is -2.56. The van der Waals surface area contributed by atoms with Gasteiger partial charge in [-0.15, -0.1) is 0 Å². The van der Waals surface area contributed by atoms with Crippen LogP contribution in [-0.2, 0) is 14.3 Å². The molecule has 168 valence electrons. The Balaban J connectivity index is 1.59. The predicted molar refractivity (Wildman–Crippen MR) is 120 cm³/mol. The number of fused-ring (bicyclic) bond motifs is 5. The van der Waals surface area contributed by atoms with E-state index in [-0.39, 0.29) is 22.7 Å². The zero-order valence-corrected chi connectivity index (χ0v) is 19.7. The van der Waals surface area contributed by atoms with E-state index in [1.54, 1.807) is 0 Å². The van der Waals surface area contributed by atoms with E-state index in [9.17, 15) is 9.59 Å². The molecule has 30 heavy (non-hydrogen) atoms. The van der Waals surface area contributed by atoms with Crippen molar-refractivity contribution in [2.45, 2.75) is 91.4 Å². The number of rotatable bonds is 4. The first-order valence-corrected chi connectivity index (χ1v) is 12.5. The summed E-state index contributed by atoms with van der Waals surface area (Å²) >= 11 is 0. The van der Waals surface area contributed by atoms with Crippen LogP contribution in [0.15, 0.2) is 12.2 Å². The largest absolute Gasteiger partial charge is 0.469 e. The molecule has 4 fully saturated rings. The van der Waals surface area contributed by atoms with Crippen LogP contribution in [0.3, 0.4) is 0 Å². The number of ether oxygens (including phenoxy) is 1. The number of carbonyl (C=O) groups excluding carboxylic acids is 2. The molecule has 0 N–H and O–H groups in total. The molecule has 3 heteroatoms. The van der Waals surface area contributed by atoms with E-state index < -0.39 is 0 Å². The van der Waals surface area contributed by atoms with Crippen molar-refractivity contribution in [2.24, 2.45) is 46.3 Å². The van der Waals surface area contributed by atoms with Gasteiger partial charge in [0, 0.05) is 12.3 Å². The second-order valence-corrected chi connectivity index (χ2v) is 11.6. The van der Waals surface area contributed by atoms with Crippen LogP contribution in [0.25, 0.3) is 0 Å². The van der Waals surface area contributed by atoms with Crippen LogP contribution >= 0.6 is 0 Å². The molecular weight excluding hydrogens is 372 g/mol. The zero-order valence-electron chi connectivity index (χ0n) is 19.7. The van der Waals surface area contributed by atoms with E-state index in [1.165, 1.54) is 64.9 Å². The van der Waals surface area contributed by atoms with Crippen LogP contribution in [0.4, 0.5) is 0 Å². The zero-order chi connectivity index (χ0) is 21.7. The van der Waals surface area contributed by atoms with Gasteiger partial charge in [0.2, 0.25) is 0 Å². The monoisotopic (exact) mass is 414 g/mol. The summed E-state index contributed by atoms with van der Waals surface area (Å²) < 4.78 is 4.87. The summed E-state index contributed by atoms with van der Waals surface area (Å²) in [7, 11) is 1.48. The highest BCUT2D eigenvalue weighted by Gasteiger charge is 2.63. The fourth-order valence-corrected chi connectivity index (χ4v) is 8.81. The lowest BCUT2D eigenvalue weighted by atomic mass is 9.44. The van der Waals surface area contributed by atoms with E-state index in [2.05, 4.69) is 27.4 Å². The molecule has 4 rings (SSSR count). The third-order valence-electron chi connectivity index (χ3n) is 10.5. The minimum Gasteiger partial charge on any atom is -0.469 e. The van der Waals surface area contributed by atoms with Crippen molar-refractivity contribution in [3.63, 3.8) is 0 Å². The Bertz CT molecular complexity index is 711. The molecule has 0 aromatic rings. The highest BCUT2D eigenvalue weighted by Crippen LogP contribution is 2.68. The SMILES string of the molecule is C=C1C(=O)C2C(CCC3(C)C2CCC3[C@H](C)CCC(=O)OC)C2(C)CCCCCC12. The molecular formula is C27H42O3. The Morgan fingerprint density at radius 1 is 1.07 bits per heavy atom. The summed E-state index contributed by atoms with van der Waals surface area (Å²) in [6, 6.07) is 0. The Labute approximate surface area is 183 Å². The van der Waals surface area contributed by atoms with E-state index in [0.29, 0.717) is 41.8 Å². The average molecular weight is 415 g/mol. The van der Waals surface area contributed by atoms with Gasteiger partial charge in [-0.3, -0.25) is 9.59 Å². The molecule has 3 nitrogen and oxygen atoms in total. The molecule has 0 saturated heterocycles. The van der Waals surface area contributed by atoms with Crippen molar-refractivity contribution in [2.75, 3.05) is 7.11 Å². The Morgan fingerprint density at radius 3 is 2.53 bits per heavy atom. The first-order chi connectivity index (χ1) is 14.2. The van der Waals surface area contributed by atoms with Gasteiger partial charge in [0.25, 0.3) is 0 Å². The van der Waals surface area contributed by atoms with E-state index in [1.807, 2.05) is 0 Å². The van der Waals surface area contributed by atoms with Gasteiger partial charge in [-0.25, -0.2) is 0 Å². The highest BCUT2D eigenvalue weighted by atomic mass is 16.5. The van der Waals surface area contributed by atoms with Crippen molar-refractivity contribution >= 4 is 11.8 Å². The molecule has 0 spiro atoms. The number of allylic oxidation sites excluding steroid dienone is 1. The van der Waals surface area contributed by atoms with Crippen molar-refractivity contribution < 1.29 is 14.3 Å². The number of esters is 1. The van der Waals surface area contributed by atoms with Gasteiger partial charge in [0.05, 0.1) is 7.11 Å². The second kappa shape index (κ2) is 8.10. The van der Waals surface area contributed by atoms with Gasteiger partial charge in [0.15, 0.2) is 5.78 Å². The first-order valence-electron chi connectivity index (χ1n) is 12.5. The topological polar surface area (TPSA) is 43.4 Å². The summed E-state index contributed by atoms with van der Waals surface area (Å²) in [6.07, 6.45) is 12.5. The molecule has 0 aromatic carbocycles. The number of carbonyl (C=O) groups is 2. The lowest BCUT2D eigenvalue weighted by molar-refractivity contribution is -0.144. The third kappa shape index (κ3) is 3.30. The van der Waals surface area contributed by atoms with Gasteiger partial charge in [-0.05, 0) is 90.9 Å². The van der Waals surface area contributed by atoms with Gasteiger partial charge >= 0.3 is 5.97 Å². The number of ketones is 1.